The summed E-state index contributed by atoms with van der Waals surface area (Å²) in [6.45, 7) is 4.41. The van der Waals surface area contributed by atoms with Crippen molar-refractivity contribution < 1.29 is 23.9 Å². The number of carbonyl (C=O) groups excluding carboxylic acids is 3. The molecule has 0 heterocycles. The molecule has 2 aromatic rings. The molecule has 8 heteroatoms. The second kappa shape index (κ2) is 10.1. The summed E-state index contributed by atoms with van der Waals surface area (Å²) in [5.41, 5.74) is 1.34. The maximum Gasteiger partial charge on any atom is 0.344 e. The van der Waals surface area contributed by atoms with Crippen LogP contribution in [0.5, 0.6) is 5.75 Å². The van der Waals surface area contributed by atoms with Crippen LogP contribution in [-0.2, 0) is 14.3 Å². The summed E-state index contributed by atoms with van der Waals surface area (Å²) in [7, 11) is 0. The van der Waals surface area contributed by atoms with Gasteiger partial charge in [0.2, 0.25) is 0 Å². The molecule has 0 unspecified atom stereocenters. The molecular weight excluding hydrogens is 374 g/mol. The number of hydrogen-bond acceptors (Lipinski definition) is 6. The Morgan fingerprint density at radius 2 is 1.48 bits per heavy atom. The van der Waals surface area contributed by atoms with E-state index < -0.39 is 30.1 Å². The molecule has 3 amide bonds. The molecule has 3 N–H and O–H groups in total. The van der Waals surface area contributed by atoms with Crippen molar-refractivity contribution in [2.75, 3.05) is 18.5 Å². The Balaban J connectivity index is 1.69. The van der Waals surface area contributed by atoms with Gasteiger partial charge in [-0.1, -0.05) is 18.2 Å². The summed E-state index contributed by atoms with van der Waals surface area (Å²) in [5, 5.41) is 7.87. The van der Waals surface area contributed by atoms with E-state index in [-0.39, 0.29) is 6.61 Å². The number of hydrogen-bond donors (Lipinski definition) is 3. The molecule has 0 radical (unpaired) electrons. The smallest absolute Gasteiger partial charge is 0.344 e. The molecule has 0 fully saturated rings. The van der Waals surface area contributed by atoms with Crippen molar-refractivity contribution in [3.63, 3.8) is 0 Å². The fourth-order valence-corrected chi connectivity index (χ4v) is 2.19. The van der Waals surface area contributed by atoms with E-state index in [1.165, 1.54) is 0 Å². The number of benzene rings is 2. The lowest BCUT2D eigenvalue weighted by Gasteiger charge is -2.20. The average molecular weight is 399 g/mol. The van der Waals surface area contributed by atoms with Gasteiger partial charge in [-0.15, -0.1) is 0 Å². The van der Waals surface area contributed by atoms with Gasteiger partial charge in [0, 0.05) is 16.9 Å². The molecule has 0 saturated carbocycles. The first kappa shape index (κ1) is 21.7. The highest BCUT2D eigenvalue weighted by atomic mass is 16.6. The second-order valence-corrected chi connectivity index (χ2v) is 7.22. The van der Waals surface area contributed by atoms with Crippen molar-refractivity contribution in [2.45, 2.75) is 26.3 Å². The minimum atomic E-state index is -0.726. The highest BCUT2D eigenvalue weighted by Gasteiger charge is 2.16. The Morgan fingerprint density at radius 1 is 0.862 bits per heavy atom. The monoisotopic (exact) mass is 399 g/mol. The van der Waals surface area contributed by atoms with Crippen molar-refractivity contribution in [3.05, 3.63) is 54.6 Å². The molecule has 0 saturated heterocycles. The Hall–Kier alpha value is -3.55. The van der Waals surface area contributed by atoms with Gasteiger partial charge in [0.05, 0.1) is 0 Å². The van der Waals surface area contributed by atoms with E-state index in [1.54, 1.807) is 32.9 Å². The van der Waals surface area contributed by atoms with Gasteiger partial charge in [0.15, 0.2) is 13.2 Å². The average Bonchev–Trinajstić information content (AvgIpc) is 2.65. The van der Waals surface area contributed by atoms with Gasteiger partial charge in [-0.05, 0) is 57.2 Å². The Kier molecular flexibility index (Phi) is 7.59. The van der Waals surface area contributed by atoms with Gasteiger partial charge < -0.3 is 20.1 Å². The lowest BCUT2D eigenvalue weighted by molar-refractivity contribution is -0.150. The van der Waals surface area contributed by atoms with E-state index >= 15 is 0 Å². The zero-order chi connectivity index (χ0) is 21.3. The minimum absolute atomic E-state index is 0.354. The van der Waals surface area contributed by atoms with Crippen LogP contribution in [0.4, 0.5) is 16.2 Å². The zero-order valence-electron chi connectivity index (χ0n) is 16.7. The third-order valence-corrected chi connectivity index (χ3v) is 3.38. The summed E-state index contributed by atoms with van der Waals surface area (Å²) in [6.07, 6.45) is 0. The van der Waals surface area contributed by atoms with E-state index in [1.807, 2.05) is 42.5 Å². The Morgan fingerprint density at radius 3 is 2.10 bits per heavy atom. The third-order valence-electron chi connectivity index (χ3n) is 3.38. The van der Waals surface area contributed by atoms with Crippen LogP contribution < -0.4 is 20.7 Å². The first-order valence-electron chi connectivity index (χ1n) is 9.04. The van der Waals surface area contributed by atoms with Crippen LogP contribution >= 0.6 is 0 Å². The normalized spacial score (nSPS) is 10.6. The fourth-order valence-electron chi connectivity index (χ4n) is 2.19. The van der Waals surface area contributed by atoms with Crippen molar-refractivity contribution in [1.29, 1.82) is 0 Å². The first-order chi connectivity index (χ1) is 13.7. The van der Waals surface area contributed by atoms with Gasteiger partial charge in [-0.25, -0.2) is 9.59 Å². The number of para-hydroxylation sites is 1. The summed E-state index contributed by atoms with van der Waals surface area (Å²) < 4.78 is 10.1. The van der Waals surface area contributed by atoms with Gasteiger partial charge >= 0.3 is 12.0 Å². The van der Waals surface area contributed by atoms with Crippen molar-refractivity contribution in [2.24, 2.45) is 0 Å². The molecule has 0 aliphatic heterocycles. The molecule has 29 heavy (non-hydrogen) atoms. The Bertz CT molecular complexity index is 830. The number of amides is 3. The van der Waals surface area contributed by atoms with Crippen LogP contribution in [0, 0.1) is 0 Å². The van der Waals surface area contributed by atoms with Gasteiger partial charge in [0.25, 0.3) is 5.91 Å². The van der Waals surface area contributed by atoms with Crippen molar-refractivity contribution >= 4 is 29.3 Å². The minimum Gasteiger partial charge on any atom is -0.482 e. The number of anilines is 2. The standard InChI is InChI=1S/C21H25N3O5/c1-21(2,3)24-20(27)23-18(25)13-29-19(26)14-28-17-11-9-16(10-12-17)22-15-7-5-4-6-8-15/h4-12,22H,13-14H2,1-3H3,(H2,23,24,25,27). The maximum absolute atomic E-state index is 11.7. The van der Waals surface area contributed by atoms with Crippen molar-refractivity contribution in [1.82, 2.24) is 10.6 Å². The quantitative estimate of drug-likeness (QED) is 0.618. The highest BCUT2D eigenvalue weighted by molar-refractivity contribution is 5.95. The van der Waals surface area contributed by atoms with E-state index in [0.717, 1.165) is 11.4 Å². The van der Waals surface area contributed by atoms with Gasteiger partial charge in [-0.3, -0.25) is 10.1 Å². The number of urea groups is 1. The molecule has 154 valence electrons. The molecule has 2 aromatic carbocycles. The number of esters is 1. The first-order valence-corrected chi connectivity index (χ1v) is 9.04. The summed E-state index contributed by atoms with van der Waals surface area (Å²) >= 11 is 0. The predicted molar refractivity (Wildman–Crippen MR) is 109 cm³/mol. The fraction of sp³-hybridized carbons (Fsp3) is 0.286. The molecule has 0 aliphatic carbocycles. The lowest BCUT2D eigenvalue weighted by Crippen LogP contribution is -2.49. The van der Waals surface area contributed by atoms with Gasteiger partial charge in [0.1, 0.15) is 5.75 Å². The summed E-state index contributed by atoms with van der Waals surface area (Å²) in [6, 6.07) is 16.1. The van der Waals surface area contributed by atoms with Gasteiger partial charge in [-0.2, -0.15) is 0 Å². The molecule has 8 nitrogen and oxygen atoms in total. The number of ether oxygens (including phenoxy) is 2. The number of rotatable bonds is 7. The van der Waals surface area contributed by atoms with Crippen LogP contribution in [-0.4, -0.2) is 36.7 Å². The van der Waals surface area contributed by atoms with E-state index in [4.69, 9.17) is 9.47 Å². The van der Waals surface area contributed by atoms with Crippen LogP contribution in [0.1, 0.15) is 20.8 Å². The molecule has 0 aliphatic rings. The zero-order valence-corrected chi connectivity index (χ0v) is 16.7. The number of imide groups is 1. The second-order valence-electron chi connectivity index (χ2n) is 7.22. The third kappa shape index (κ3) is 8.79. The van der Waals surface area contributed by atoms with Crippen LogP contribution in [0.2, 0.25) is 0 Å². The van der Waals surface area contributed by atoms with Crippen LogP contribution in [0.3, 0.4) is 0 Å². The molecule has 0 bridgehead atoms. The number of nitrogens with one attached hydrogen (secondary N) is 3. The highest BCUT2D eigenvalue weighted by Crippen LogP contribution is 2.19. The topological polar surface area (TPSA) is 106 Å². The summed E-state index contributed by atoms with van der Waals surface area (Å²) in [5.74, 6) is -0.964. The van der Waals surface area contributed by atoms with Crippen molar-refractivity contribution in [3.8, 4) is 5.75 Å². The molecule has 0 atom stereocenters. The van der Waals surface area contributed by atoms with Crippen LogP contribution in [0.25, 0.3) is 0 Å². The maximum atomic E-state index is 11.7. The molecule has 0 aromatic heterocycles. The number of carbonyl (C=O) groups is 3. The molecule has 0 spiro atoms. The predicted octanol–water partition coefficient (Wildman–Crippen LogP) is 2.98. The molecular formula is C21H25N3O5. The van der Waals surface area contributed by atoms with Crippen LogP contribution in [0.15, 0.2) is 54.6 Å². The Labute approximate surface area is 169 Å². The van der Waals surface area contributed by atoms with E-state index in [0.29, 0.717) is 5.75 Å². The SMILES string of the molecule is CC(C)(C)NC(=O)NC(=O)COC(=O)COc1ccc(Nc2ccccc2)cc1. The molecule has 2 rings (SSSR count). The summed E-state index contributed by atoms with van der Waals surface area (Å²) in [4.78, 5) is 34.9. The lowest BCUT2D eigenvalue weighted by atomic mass is 10.1. The van der Waals surface area contributed by atoms with E-state index in [9.17, 15) is 14.4 Å². The largest absolute Gasteiger partial charge is 0.482 e. The van der Waals surface area contributed by atoms with E-state index in [2.05, 4.69) is 16.0 Å².